The summed E-state index contributed by atoms with van der Waals surface area (Å²) >= 11 is 0. The quantitative estimate of drug-likeness (QED) is 0.893. The van der Waals surface area contributed by atoms with Gasteiger partial charge in [0, 0.05) is 20.3 Å². The molecular formula is C13H22N4O3. The van der Waals surface area contributed by atoms with E-state index in [1.54, 1.807) is 52.0 Å². The molecule has 1 N–H and O–H groups in total. The van der Waals surface area contributed by atoms with Gasteiger partial charge in [-0.2, -0.15) is 0 Å². The lowest BCUT2D eigenvalue weighted by Crippen LogP contribution is -2.33. The first kappa shape index (κ1) is 16.0. The van der Waals surface area contributed by atoms with Gasteiger partial charge in [0.05, 0.1) is 18.6 Å². The second-order valence-corrected chi connectivity index (χ2v) is 5.66. The second-order valence-electron chi connectivity index (χ2n) is 5.66. The van der Waals surface area contributed by atoms with Gasteiger partial charge in [-0.1, -0.05) is 0 Å². The number of carbonyl (C=O) groups is 2. The molecule has 0 bridgehead atoms. The van der Waals surface area contributed by atoms with E-state index in [-0.39, 0.29) is 19.0 Å². The summed E-state index contributed by atoms with van der Waals surface area (Å²) in [5.74, 6) is -0.0403. The average Bonchev–Trinajstić information content (AvgIpc) is 2.71. The first-order valence-electron chi connectivity index (χ1n) is 6.35. The Hall–Kier alpha value is -2.05. The minimum Gasteiger partial charge on any atom is -0.444 e. The van der Waals surface area contributed by atoms with E-state index in [1.165, 1.54) is 4.90 Å². The van der Waals surface area contributed by atoms with E-state index in [0.717, 1.165) is 5.69 Å². The van der Waals surface area contributed by atoms with Crippen molar-refractivity contribution in [3.8, 4) is 0 Å². The third-order valence-corrected chi connectivity index (χ3v) is 2.42. The van der Waals surface area contributed by atoms with Gasteiger partial charge in [-0.3, -0.25) is 4.79 Å². The Morgan fingerprint density at radius 2 is 2.05 bits per heavy atom. The number of hydrogen-bond acceptors (Lipinski definition) is 4. The van der Waals surface area contributed by atoms with Gasteiger partial charge in [0.25, 0.3) is 0 Å². The number of alkyl carbamates (subject to hydrolysis) is 1. The largest absolute Gasteiger partial charge is 0.444 e. The fourth-order valence-corrected chi connectivity index (χ4v) is 1.40. The molecule has 0 atom stereocenters. The van der Waals surface area contributed by atoms with Crippen LogP contribution >= 0.6 is 0 Å². The number of rotatable bonds is 4. The van der Waals surface area contributed by atoms with E-state index < -0.39 is 11.7 Å². The van der Waals surface area contributed by atoms with Crippen LogP contribution in [0.3, 0.4) is 0 Å². The van der Waals surface area contributed by atoms with Crippen molar-refractivity contribution in [1.82, 2.24) is 19.8 Å². The fourth-order valence-electron chi connectivity index (χ4n) is 1.40. The molecule has 112 valence electrons. The lowest BCUT2D eigenvalue weighted by atomic mass is 10.2. The Balaban J connectivity index is 2.55. The highest BCUT2D eigenvalue weighted by Gasteiger charge is 2.16. The van der Waals surface area contributed by atoms with E-state index in [0.29, 0.717) is 0 Å². The van der Waals surface area contributed by atoms with Crippen molar-refractivity contribution >= 4 is 12.0 Å². The van der Waals surface area contributed by atoms with E-state index in [1.807, 2.05) is 0 Å². The Morgan fingerprint density at radius 3 is 2.60 bits per heavy atom. The number of amides is 2. The highest BCUT2D eigenvalue weighted by atomic mass is 16.6. The number of nitrogens with one attached hydrogen (secondary N) is 1. The number of carbonyl (C=O) groups excluding carboxylic acids is 2. The topological polar surface area (TPSA) is 76.5 Å². The summed E-state index contributed by atoms with van der Waals surface area (Å²) in [4.78, 5) is 28.7. The standard InChI is InChI=1S/C13H22N4O3/c1-13(2,3)20-12(19)15-7-10-6-14-9-17(10)8-11(18)16(4)5/h6,9H,7-8H2,1-5H3,(H,15,19). The first-order valence-corrected chi connectivity index (χ1v) is 6.35. The molecule has 1 heterocycles. The maximum atomic E-state index is 11.7. The maximum absolute atomic E-state index is 11.7. The van der Waals surface area contributed by atoms with Crippen molar-refractivity contribution in [1.29, 1.82) is 0 Å². The Kier molecular flexibility index (Phi) is 5.12. The van der Waals surface area contributed by atoms with Gasteiger partial charge in [-0.05, 0) is 20.8 Å². The van der Waals surface area contributed by atoms with Crippen LogP contribution in [0.5, 0.6) is 0 Å². The molecule has 0 aliphatic rings. The number of aromatic nitrogens is 2. The van der Waals surface area contributed by atoms with Crippen molar-refractivity contribution in [3.63, 3.8) is 0 Å². The Labute approximate surface area is 118 Å². The summed E-state index contributed by atoms with van der Waals surface area (Å²) in [6, 6.07) is 0. The normalized spacial score (nSPS) is 11.1. The summed E-state index contributed by atoms with van der Waals surface area (Å²) in [5, 5.41) is 2.64. The molecule has 20 heavy (non-hydrogen) atoms. The molecule has 1 aromatic rings. The SMILES string of the molecule is CN(C)C(=O)Cn1cncc1CNC(=O)OC(C)(C)C. The summed E-state index contributed by atoms with van der Waals surface area (Å²) < 4.78 is 6.83. The number of imidazole rings is 1. The van der Waals surface area contributed by atoms with E-state index in [9.17, 15) is 9.59 Å². The minimum absolute atomic E-state index is 0.0403. The molecule has 0 saturated heterocycles. The predicted molar refractivity (Wildman–Crippen MR) is 74.0 cm³/mol. The number of nitrogens with zero attached hydrogens (tertiary/aromatic N) is 3. The van der Waals surface area contributed by atoms with Crippen molar-refractivity contribution in [2.45, 2.75) is 39.5 Å². The zero-order valence-corrected chi connectivity index (χ0v) is 12.6. The molecule has 0 aliphatic carbocycles. The van der Waals surface area contributed by atoms with Gasteiger partial charge in [0.2, 0.25) is 5.91 Å². The summed E-state index contributed by atoms with van der Waals surface area (Å²) in [6.45, 7) is 5.85. The highest BCUT2D eigenvalue weighted by Crippen LogP contribution is 2.07. The maximum Gasteiger partial charge on any atom is 0.407 e. The van der Waals surface area contributed by atoms with Crippen LogP contribution in [0.2, 0.25) is 0 Å². The molecule has 0 unspecified atom stereocenters. The summed E-state index contributed by atoms with van der Waals surface area (Å²) in [7, 11) is 3.38. The van der Waals surface area contributed by atoms with E-state index in [2.05, 4.69) is 10.3 Å². The minimum atomic E-state index is -0.536. The van der Waals surface area contributed by atoms with Gasteiger partial charge in [-0.25, -0.2) is 9.78 Å². The molecule has 7 heteroatoms. The average molecular weight is 282 g/mol. The van der Waals surface area contributed by atoms with Gasteiger partial charge in [0.1, 0.15) is 12.1 Å². The molecular weight excluding hydrogens is 260 g/mol. The predicted octanol–water partition coefficient (Wildman–Crippen LogP) is 0.996. The zero-order chi connectivity index (χ0) is 15.3. The van der Waals surface area contributed by atoms with Crippen LogP contribution in [0, 0.1) is 0 Å². The molecule has 0 saturated carbocycles. The lowest BCUT2D eigenvalue weighted by Gasteiger charge is -2.20. The molecule has 2 amide bonds. The van der Waals surface area contributed by atoms with Crippen LogP contribution in [0.25, 0.3) is 0 Å². The van der Waals surface area contributed by atoms with Crippen LogP contribution in [-0.2, 0) is 22.6 Å². The van der Waals surface area contributed by atoms with Crippen LogP contribution < -0.4 is 5.32 Å². The van der Waals surface area contributed by atoms with Crippen molar-refractivity contribution in [2.24, 2.45) is 0 Å². The number of ether oxygens (including phenoxy) is 1. The molecule has 7 nitrogen and oxygen atoms in total. The number of likely N-dealkylation sites (N-methyl/N-ethyl adjacent to an activating group) is 1. The molecule has 0 fully saturated rings. The summed E-state index contributed by atoms with van der Waals surface area (Å²) in [5.41, 5.74) is 0.205. The first-order chi connectivity index (χ1) is 9.19. The smallest absolute Gasteiger partial charge is 0.407 e. The van der Waals surface area contributed by atoms with Crippen LogP contribution in [0.1, 0.15) is 26.5 Å². The van der Waals surface area contributed by atoms with Crippen molar-refractivity contribution < 1.29 is 14.3 Å². The Morgan fingerprint density at radius 1 is 1.40 bits per heavy atom. The molecule has 1 aromatic heterocycles. The molecule has 0 radical (unpaired) electrons. The fraction of sp³-hybridized carbons (Fsp3) is 0.615. The second kappa shape index (κ2) is 6.40. The van der Waals surface area contributed by atoms with Gasteiger partial charge >= 0.3 is 6.09 Å². The Bertz CT molecular complexity index is 474. The lowest BCUT2D eigenvalue weighted by molar-refractivity contribution is -0.129. The molecule has 0 aliphatic heterocycles. The van der Waals surface area contributed by atoms with Crippen molar-refractivity contribution in [2.75, 3.05) is 14.1 Å². The monoisotopic (exact) mass is 282 g/mol. The molecule has 0 aromatic carbocycles. The van der Waals surface area contributed by atoms with Gasteiger partial charge in [0.15, 0.2) is 0 Å². The van der Waals surface area contributed by atoms with E-state index in [4.69, 9.17) is 4.74 Å². The van der Waals surface area contributed by atoms with Crippen LogP contribution in [0.4, 0.5) is 4.79 Å². The molecule has 0 spiro atoms. The van der Waals surface area contributed by atoms with E-state index >= 15 is 0 Å². The number of hydrogen-bond donors (Lipinski definition) is 1. The van der Waals surface area contributed by atoms with Gasteiger partial charge < -0.3 is 19.5 Å². The third kappa shape index (κ3) is 5.29. The van der Waals surface area contributed by atoms with Crippen molar-refractivity contribution in [3.05, 3.63) is 18.2 Å². The van der Waals surface area contributed by atoms with Crippen LogP contribution in [-0.4, -0.2) is 46.1 Å². The van der Waals surface area contributed by atoms with Crippen LogP contribution in [0.15, 0.2) is 12.5 Å². The summed E-state index contributed by atoms with van der Waals surface area (Å²) in [6.07, 6.45) is 2.68. The molecule has 1 rings (SSSR count). The van der Waals surface area contributed by atoms with Gasteiger partial charge in [-0.15, -0.1) is 0 Å². The third-order valence-electron chi connectivity index (χ3n) is 2.42. The highest BCUT2D eigenvalue weighted by molar-refractivity contribution is 5.75. The zero-order valence-electron chi connectivity index (χ0n) is 12.6.